The van der Waals surface area contributed by atoms with E-state index in [2.05, 4.69) is 59.6 Å². The first-order chi connectivity index (χ1) is 14.4. The predicted molar refractivity (Wildman–Crippen MR) is 118 cm³/mol. The molecule has 0 aliphatic rings. The van der Waals surface area contributed by atoms with Crippen LogP contribution in [0.1, 0.15) is 0 Å². The normalized spacial score (nSPS) is 10.8. The summed E-state index contributed by atoms with van der Waals surface area (Å²) in [6.07, 6.45) is 1.77. The molecule has 1 aromatic heterocycles. The maximum absolute atomic E-state index is 5.88. The van der Waals surface area contributed by atoms with Crippen LogP contribution in [0.15, 0.2) is 103 Å². The van der Waals surface area contributed by atoms with Gasteiger partial charge in [-0.25, -0.2) is 0 Å². The lowest BCUT2D eigenvalue weighted by molar-refractivity contribution is 0.461. The van der Waals surface area contributed by atoms with Crippen LogP contribution in [-0.4, -0.2) is 20.9 Å². The molecule has 0 aliphatic carbocycles. The van der Waals surface area contributed by atoms with Gasteiger partial charge >= 0.3 is 15.9 Å². The lowest BCUT2D eigenvalue weighted by Gasteiger charge is -2.11. The Kier molecular flexibility index (Phi) is 4.88. The lowest BCUT2D eigenvalue weighted by Crippen LogP contribution is -2.11. The lowest BCUT2D eigenvalue weighted by atomic mass is 10.0. The Bertz CT molecular complexity index is 1280. The Hall–Kier alpha value is -3.32. The number of rotatable bonds is 5. The zero-order valence-electron chi connectivity index (χ0n) is 15.7. The first-order valence-corrected chi connectivity index (χ1v) is 10.4. The number of hydrogen-bond donors (Lipinski definition) is 0. The van der Waals surface area contributed by atoms with E-state index < -0.39 is 15.9 Å². The highest BCUT2D eigenvalue weighted by Crippen LogP contribution is 2.26. The SMILES string of the molecule is c1ccc2cc(-c3ccc([O][Al][O]c4cccc5cccnc45)cc3)ccc2c1. The van der Waals surface area contributed by atoms with Gasteiger partial charge in [0, 0.05) is 11.6 Å². The summed E-state index contributed by atoms with van der Waals surface area (Å²) in [6.45, 7) is 0. The first-order valence-electron chi connectivity index (χ1n) is 9.45. The Morgan fingerprint density at radius 1 is 0.586 bits per heavy atom. The molecule has 0 saturated heterocycles. The van der Waals surface area contributed by atoms with Gasteiger partial charge in [0.15, 0.2) is 0 Å². The van der Waals surface area contributed by atoms with Crippen LogP contribution >= 0.6 is 0 Å². The second kappa shape index (κ2) is 7.97. The van der Waals surface area contributed by atoms with Crippen molar-refractivity contribution < 1.29 is 7.58 Å². The van der Waals surface area contributed by atoms with Gasteiger partial charge in [-0.2, -0.15) is 0 Å². The van der Waals surface area contributed by atoms with E-state index in [-0.39, 0.29) is 0 Å². The molecule has 3 nitrogen and oxygen atoms in total. The third kappa shape index (κ3) is 3.82. The summed E-state index contributed by atoms with van der Waals surface area (Å²) in [4.78, 5) is 4.41. The van der Waals surface area contributed by atoms with Gasteiger partial charge in [-0.15, -0.1) is 0 Å². The fourth-order valence-corrected chi connectivity index (χ4v) is 4.01. The average Bonchev–Trinajstić information content (AvgIpc) is 2.79. The highest BCUT2D eigenvalue weighted by molar-refractivity contribution is 6.21. The molecule has 0 amide bonds. The summed E-state index contributed by atoms with van der Waals surface area (Å²) in [5.74, 6) is 1.56. The van der Waals surface area contributed by atoms with Gasteiger partial charge in [0.2, 0.25) is 0 Å². The summed E-state index contributed by atoms with van der Waals surface area (Å²) in [7, 11) is 0. The highest BCUT2D eigenvalue weighted by Gasteiger charge is 2.09. The Balaban J connectivity index is 1.28. The molecule has 0 bridgehead atoms. The third-order valence-corrected chi connectivity index (χ3v) is 5.61. The predicted octanol–water partition coefficient (Wildman–Crippen LogP) is 6.05. The van der Waals surface area contributed by atoms with E-state index in [0.717, 1.165) is 28.0 Å². The van der Waals surface area contributed by atoms with Crippen LogP contribution in [0.3, 0.4) is 0 Å². The fraction of sp³-hybridized carbons (Fsp3) is 0. The van der Waals surface area contributed by atoms with Crippen LogP contribution in [0.2, 0.25) is 0 Å². The molecule has 0 unspecified atom stereocenters. The molecular formula is C25H17AlNO2. The van der Waals surface area contributed by atoms with Gasteiger partial charge in [-0.05, 0) is 52.2 Å². The summed E-state index contributed by atoms with van der Waals surface area (Å²) >= 11 is -0.678. The first kappa shape index (κ1) is 17.8. The molecule has 0 aliphatic heterocycles. The number of fused-ring (bicyclic) bond motifs is 2. The number of aromatic nitrogens is 1. The van der Waals surface area contributed by atoms with Crippen molar-refractivity contribution in [2.75, 3.05) is 0 Å². The largest absolute Gasteiger partial charge is 0.881 e. The maximum atomic E-state index is 5.88. The van der Waals surface area contributed by atoms with Crippen molar-refractivity contribution in [1.29, 1.82) is 0 Å². The van der Waals surface area contributed by atoms with Crippen LogP contribution in [0.5, 0.6) is 11.5 Å². The van der Waals surface area contributed by atoms with Gasteiger partial charge in [0.1, 0.15) is 11.3 Å². The molecule has 1 radical (unpaired) electrons. The minimum atomic E-state index is -0.678. The second-order valence-corrected chi connectivity index (χ2v) is 7.41. The van der Waals surface area contributed by atoms with Crippen molar-refractivity contribution in [2.45, 2.75) is 0 Å². The number of hydrogen-bond acceptors (Lipinski definition) is 3. The van der Waals surface area contributed by atoms with Crippen molar-refractivity contribution in [2.24, 2.45) is 0 Å². The van der Waals surface area contributed by atoms with Crippen LogP contribution < -0.4 is 7.58 Å². The molecular weight excluding hydrogens is 373 g/mol. The number of nitrogens with zero attached hydrogens (tertiary/aromatic N) is 1. The highest BCUT2D eigenvalue weighted by atomic mass is 27.2. The molecule has 1 heterocycles. The van der Waals surface area contributed by atoms with Crippen LogP contribution in [-0.2, 0) is 0 Å². The van der Waals surface area contributed by atoms with Crippen molar-refractivity contribution in [3.05, 3.63) is 103 Å². The van der Waals surface area contributed by atoms with E-state index in [1.54, 1.807) is 6.20 Å². The van der Waals surface area contributed by atoms with E-state index in [4.69, 9.17) is 7.58 Å². The average molecular weight is 390 g/mol. The number of para-hydroxylation sites is 1. The molecule has 4 aromatic carbocycles. The zero-order chi connectivity index (χ0) is 19.5. The maximum Gasteiger partial charge on any atom is 0.881 e. The van der Waals surface area contributed by atoms with Gasteiger partial charge in [-0.3, -0.25) is 4.98 Å². The molecule has 0 atom stereocenters. The third-order valence-electron chi connectivity index (χ3n) is 4.89. The van der Waals surface area contributed by atoms with Gasteiger partial charge < -0.3 is 7.58 Å². The second-order valence-electron chi connectivity index (χ2n) is 6.75. The van der Waals surface area contributed by atoms with Crippen LogP contribution in [0.4, 0.5) is 0 Å². The summed E-state index contributed by atoms with van der Waals surface area (Å²) in [5.41, 5.74) is 3.22. The van der Waals surface area contributed by atoms with E-state index in [9.17, 15) is 0 Å². The van der Waals surface area contributed by atoms with E-state index in [0.29, 0.717) is 0 Å². The summed E-state index contributed by atoms with van der Waals surface area (Å²) in [6, 6.07) is 32.9. The summed E-state index contributed by atoms with van der Waals surface area (Å²) < 4.78 is 11.7. The topological polar surface area (TPSA) is 31.4 Å². The molecule has 5 aromatic rings. The Morgan fingerprint density at radius 3 is 2.24 bits per heavy atom. The Morgan fingerprint density at radius 2 is 1.34 bits per heavy atom. The molecule has 4 heteroatoms. The monoisotopic (exact) mass is 390 g/mol. The minimum Gasteiger partial charge on any atom is -0.616 e. The number of benzene rings is 4. The van der Waals surface area contributed by atoms with Crippen LogP contribution in [0.25, 0.3) is 32.8 Å². The zero-order valence-corrected chi connectivity index (χ0v) is 16.8. The van der Waals surface area contributed by atoms with Crippen molar-refractivity contribution in [1.82, 2.24) is 4.98 Å². The molecule has 0 saturated carbocycles. The van der Waals surface area contributed by atoms with Crippen molar-refractivity contribution in [3.63, 3.8) is 0 Å². The van der Waals surface area contributed by atoms with E-state index in [1.807, 2.05) is 42.5 Å². The quantitative estimate of drug-likeness (QED) is 0.343. The smallest absolute Gasteiger partial charge is 0.616 e. The Labute approximate surface area is 175 Å². The van der Waals surface area contributed by atoms with Gasteiger partial charge in [0.25, 0.3) is 0 Å². The van der Waals surface area contributed by atoms with Crippen molar-refractivity contribution in [3.8, 4) is 22.6 Å². The van der Waals surface area contributed by atoms with E-state index in [1.165, 1.54) is 16.3 Å². The standard InChI is InChI=1S/C16H12O.C9H7NO.Al/c17-16-9-7-13(8-10-16)15-6-5-12-3-1-2-4-14(12)11-15;11-8-5-1-3-7-4-2-6-10-9(7)8;/h1-11,17H;1-6,11H;/q;;+2/p-2. The van der Waals surface area contributed by atoms with E-state index >= 15 is 0 Å². The van der Waals surface area contributed by atoms with Gasteiger partial charge in [0.05, 0.1) is 5.75 Å². The van der Waals surface area contributed by atoms with Crippen LogP contribution in [0, 0.1) is 0 Å². The molecule has 5 rings (SSSR count). The molecule has 0 spiro atoms. The van der Waals surface area contributed by atoms with Gasteiger partial charge in [-0.1, -0.05) is 66.7 Å². The fourth-order valence-electron chi connectivity index (χ4n) is 3.40. The minimum absolute atomic E-state index is 0.678. The molecule has 0 fully saturated rings. The number of pyridine rings is 1. The summed E-state index contributed by atoms with van der Waals surface area (Å²) in [5, 5.41) is 3.55. The van der Waals surface area contributed by atoms with Crippen molar-refractivity contribution >= 4 is 37.6 Å². The molecule has 0 N–H and O–H groups in total. The molecule has 137 valence electrons. The molecule has 29 heavy (non-hydrogen) atoms.